The van der Waals surface area contributed by atoms with Gasteiger partial charge >= 0.3 is 5.63 Å². The Morgan fingerprint density at radius 3 is 2.06 bits per heavy atom. The van der Waals surface area contributed by atoms with Gasteiger partial charge in [0, 0.05) is 28.6 Å². The lowest BCUT2D eigenvalue weighted by molar-refractivity contribution is 0.0792. The second-order valence-electron chi connectivity index (χ2n) is 7.64. The number of ether oxygens (including phenoxy) is 1. The number of hydrogen-bond donors (Lipinski definition) is 0. The van der Waals surface area contributed by atoms with E-state index in [1.54, 1.807) is 24.3 Å². The van der Waals surface area contributed by atoms with Gasteiger partial charge in [-0.15, -0.1) is 0 Å². The highest BCUT2D eigenvalue weighted by atomic mass is 16.5. The predicted molar refractivity (Wildman–Crippen MR) is 129 cm³/mol. The van der Waals surface area contributed by atoms with Crippen LogP contribution >= 0.6 is 0 Å². The van der Waals surface area contributed by atoms with Gasteiger partial charge in [-0.1, -0.05) is 91.0 Å². The first-order valence-electron chi connectivity index (χ1n) is 10.6. The largest absolute Gasteiger partial charge is 0.477 e. The van der Waals surface area contributed by atoms with Crippen LogP contribution in [-0.4, -0.2) is 5.78 Å². The second-order valence-corrected chi connectivity index (χ2v) is 7.64. The smallest absolute Gasteiger partial charge is 0.336 e. The average molecular weight is 432 g/mol. The van der Waals surface area contributed by atoms with Crippen LogP contribution in [0.4, 0.5) is 0 Å². The third-order valence-corrected chi connectivity index (χ3v) is 5.45. The number of carbonyl (C=O) groups is 1. The summed E-state index contributed by atoms with van der Waals surface area (Å²) in [5.41, 5.74) is 2.96. The molecule has 4 aromatic carbocycles. The highest BCUT2D eigenvalue weighted by Crippen LogP contribution is 2.32. The third-order valence-electron chi connectivity index (χ3n) is 5.45. The third kappa shape index (κ3) is 4.32. The summed E-state index contributed by atoms with van der Waals surface area (Å²) in [7, 11) is 0. The van der Waals surface area contributed by atoms with E-state index in [4.69, 9.17) is 9.15 Å². The number of benzene rings is 4. The Bertz CT molecular complexity index is 1460. The van der Waals surface area contributed by atoms with Crippen LogP contribution < -0.4 is 10.4 Å². The Balaban J connectivity index is 1.56. The fourth-order valence-electron chi connectivity index (χ4n) is 3.86. The minimum atomic E-state index is -0.838. The fraction of sp³-hybridized carbons (Fsp3) is 0.0345. The molecule has 0 spiro atoms. The van der Waals surface area contributed by atoms with Gasteiger partial charge in [-0.2, -0.15) is 0 Å². The first kappa shape index (κ1) is 20.5. The Labute approximate surface area is 190 Å². The summed E-state index contributed by atoms with van der Waals surface area (Å²) in [4.78, 5) is 25.6. The molecule has 0 aliphatic heterocycles. The van der Waals surface area contributed by atoms with E-state index in [2.05, 4.69) is 0 Å². The van der Waals surface area contributed by atoms with Crippen molar-refractivity contribution < 1.29 is 13.9 Å². The highest BCUT2D eigenvalue weighted by Gasteiger charge is 2.24. The predicted octanol–water partition coefficient (Wildman–Crippen LogP) is 6.46. The maximum Gasteiger partial charge on any atom is 0.336 e. The molecule has 0 aliphatic carbocycles. The van der Waals surface area contributed by atoms with Gasteiger partial charge in [-0.3, -0.25) is 4.79 Å². The normalized spacial score (nSPS) is 11.8. The molecular formula is C29H20O4. The second kappa shape index (κ2) is 8.97. The minimum Gasteiger partial charge on any atom is -0.477 e. The quantitative estimate of drug-likeness (QED) is 0.228. The van der Waals surface area contributed by atoms with Crippen LogP contribution in [0, 0.1) is 0 Å². The lowest BCUT2D eigenvalue weighted by atomic mass is 9.99. The number of rotatable bonds is 6. The first-order valence-corrected chi connectivity index (χ1v) is 10.6. The van der Waals surface area contributed by atoms with Gasteiger partial charge in [0.05, 0.1) is 0 Å². The molecule has 1 aromatic heterocycles. The van der Waals surface area contributed by atoms with E-state index in [0.717, 1.165) is 22.1 Å². The summed E-state index contributed by atoms with van der Waals surface area (Å²) in [5, 5.41) is 0.791. The van der Waals surface area contributed by atoms with Gasteiger partial charge in [0.25, 0.3) is 0 Å². The van der Waals surface area contributed by atoms with Crippen molar-refractivity contribution in [3.63, 3.8) is 0 Å². The van der Waals surface area contributed by atoms with Crippen LogP contribution in [-0.2, 0) is 0 Å². The van der Waals surface area contributed by atoms with Crippen molar-refractivity contribution in [3.8, 4) is 16.9 Å². The van der Waals surface area contributed by atoms with Gasteiger partial charge in [0.15, 0.2) is 6.10 Å². The Kier molecular flexibility index (Phi) is 5.56. The number of carbonyl (C=O) groups excluding carboxylic acids is 1. The van der Waals surface area contributed by atoms with Crippen LogP contribution in [0.1, 0.15) is 22.0 Å². The van der Waals surface area contributed by atoms with Gasteiger partial charge in [-0.25, -0.2) is 4.79 Å². The van der Waals surface area contributed by atoms with E-state index < -0.39 is 11.7 Å². The summed E-state index contributed by atoms with van der Waals surface area (Å²) in [6.07, 6.45) is -0.838. The summed E-state index contributed by atoms with van der Waals surface area (Å²) < 4.78 is 11.7. The Hall–Kier alpha value is -4.44. The topological polar surface area (TPSA) is 56.5 Å². The van der Waals surface area contributed by atoms with Crippen molar-refractivity contribution >= 4 is 16.8 Å². The molecule has 4 heteroatoms. The number of fused-ring (bicyclic) bond motifs is 1. The maximum absolute atomic E-state index is 13.3. The van der Waals surface area contributed by atoms with Gasteiger partial charge in [-0.05, 0) is 23.3 Å². The molecule has 33 heavy (non-hydrogen) atoms. The zero-order valence-electron chi connectivity index (χ0n) is 17.7. The van der Waals surface area contributed by atoms with Crippen LogP contribution in [0.25, 0.3) is 22.1 Å². The number of hydrogen-bond acceptors (Lipinski definition) is 4. The molecule has 0 radical (unpaired) electrons. The molecule has 1 heterocycles. The van der Waals surface area contributed by atoms with Crippen LogP contribution in [0.15, 0.2) is 124 Å². The zero-order chi connectivity index (χ0) is 22.6. The van der Waals surface area contributed by atoms with Crippen molar-refractivity contribution in [1.29, 1.82) is 0 Å². The van der Waals surface area contributed by atoms with Crippen molar-refractivity contribution in [2.75, 3.05) is 0 Å². The monoisotopic (exact) mass is 432 g/mol. The fourth-order valence-corrected chi connectivity index (χ4v) is 3.86. The van der Waals surface area contributed by atoms with Crippen molar-refractivity contribution in [2.45, 2.75) is 6.10 Å². The summed E-state index contributed by atoms with van der Waals surface area (Å²) in [5.74, 6) is 0.287. The van der Waals surface area contributed by atoms with E-state index in [9.17, 15) is 9.59 Å². The molecule has 5 rings (SSSR count). The van der Waals surface area contributed by atoms with Crippen LogP contribution in [0.3, 0.4) is 0 Å². The van der Waals surface area contributed by atoms with E-state index >= 15 is 0 Å². The standard InChI is InChI=1S/C29H20O4/c30-27-19-25(20-10-4-1-5-11-20)24-17-16-23(18-26(24)33-27)32-29(22-14-8-3-9-15-22)28(31)21-12-6-2-7-13-21/h1-19,29H/t29-/m0/s1. The van der Waals surface area contributed by atoms with E-state index in [-0.39, 0.29) is 5.78 Å². The summed E-state index contributed by atoms with van der Waals surface area (Å²) in [6, 6.07) is 34.9. The summed E-state index contributed by atoms with van der Waals surface area (Å²) >= 11 is 0. The molecule has 0 saturated heterocycles. The molecule has 0 N–H and O–H groups in total. The number of Topliss-reactive ketones (excluding diaryl/α,β-unsaturated/α-hetero) is 1. The molecule has 0 amide bonds. The first-order chi connectivity index (χ1) is 16.2. The van der Waals surface area contributed by atoms with E-state index in [0.29, 0.717) is 16.9 Å². The molecule has 160 valence electrons. The van der Waals surface area contributed by atoms with Crippen molar-refractivity contribution in [3.05, 3.63) is 137 Å². The van der Waals surface area contributed by atoms with E-state index in [1.807, 2.05) is 84.9 Å². The van der Waals surface area contributed by atoms with Gasteiger partial charge in [0.2, 0.25) is 5.78 Å². The molecule has 0 unspecified atom stereocenters. The molecule has 1 atom stereocenters. The summed E-state index contributed by atoms with van der Waals surface area (Å²) in [6.45, 7) is 0. The Morgan fingerprint density at radius 2 is 1.36 bits per heavy atom. The number of ketones is 1. The molecule has 4 nitrogen and oxygen atoms in total. The van der Waals surface area contributed by atoms with E-state index in [1.165, 1.54) is 6.07 Å². The van der Waals surface area contributed by atoms with Crippen LogP contribution in [0.2, 0.25) is 0 Å². The SMILES string of the molecule is O=C(c1ccccc1)[C@@H](Oc1ccc2c(-c3ccccc3)cc(=O)oc2c1)c1ccccc1. The van der Waals surface area contributed by atoms with Gasteiger partial charge < -0.3 is 9.15 Å². The Morgan fingerprint density at radius 1 is 0.727 bits per heavy atom. The molecule has 0 saturated carbocycles. The van der Waals surface area contributed by atoms with Crippen molar-refractivity contribution in [2.24, 2.45) is 0 Å². The average Bonchev–Trinajstić information content (AvgIpc) is 2.87. The van der Waals surface area contributed by atoms with Crippen molar-refractivity contribution in [1.82, 2.24) is 0 Å². The lowest BCUT2D eigenvalue weighted by Gasteiger charge is -2.19. The molecule has 5 aromatic rings. The molecule has 0 aliphatic rings. The maximum atomic E-state index is 13.3. The highest BCUT2D eigenvalue weighted by molar-refractivity contribution is 6.00. The van der Waals surface area contributed by atoms with Crippen LogP contribution in [0.5, 0.6) is 5.75 Å². The minimum absolute atomic E-state index is 0.151. The lowest BCUT2D eigenvalue weighted by Crippen LogP contribution is -2.19. The molecule has 0 fully saturated rings. The molecule has 0 bridgehead atoms. The molecular weight excluding hydrogens is 412 g/mol. The van der Waals surface area contributed by atoms with Gasteiger partial charge in [0.1, 0.15) is 11.3 Å². The zero-order valence-corrected chi connectivity index (χ0v) is 17.7.